The topological polar surface area (TPSA) is 262 Å². The molecule has 4 aromatic heterocycles. The van der Waals surface area contributed by atoms with E-state index in [0.29, 0.717) is 11.3 Å². The first-order chi connectivity index (χ1) is 20.5. The van der Waals surface area contributed by atoms with Crippen LogP contribution in [0.15, 0.2) is 23.6 Å². The summed E-state index contributed by atoms with van der Waals surface area (Å²) in [6, 6.07) is 0. The van der Waals surface area contributed by atoms with Crippen LogP contribution in [0, 0.1) is 0 Å². The standard InChI is InChI=1S/C20H24N10O9P2S2/c21-15-17-23-3-9(30(17)26-6-24-15)10-2-11(38-40(33)42)13(37-10)5-35-41(34,43)39-12-1-8(4-31)36-19(12)29-7-25-14-16(29)27-20(22)28-18(14)32/h3,6-8,10-13,19,31H,1-2,4-5H2,(H6-,21,22,24,26,27,28,32,33,34,42,43)/p+1/t8-,10+,11-,12+,13+,19+,41?/m0/s1. The summed E-state index contributed by atoms with van der Waals surface area (Å²) in [5, 5.41) is 13.9. The molecule has 23 heteroatoms. The molecule has 2 aliphatic rings. The first kappa shape index (κ1) is 30.4. The van der Waals surface area contributed by atoms with E-state index >= 15 is 0 Å². The van der Waals surface area contributed by atoms with E-state index in [2.05, 4.69) is 42.3 Å². The molecule has 0 amide bonds. The van der Waals surface area contributed by atoms with Gasteiger partial charge in [0.1, 0.15) is 43.0 Å². The van der Waals surface area contributed by atoms with Crippen molar-refractivity contribution in [2.45, 2.75) is 49.6 Å². The number of aromatic amines is 1. The predicted octanol–water partition coefficient (Wildman–Crippen LogP) is 0.123. The van der Waals surface area contributed by atoms with Crippen molar-refractivity contribution in [3.05, 3.63) is 34.9 Å². The molecule has 0 aromatic carbocycles. The zero-order valence-corrected chi connectivity index (χ0v) is 25.3. The van der Waals surface area contributed by atoms with Gasteiger partial charge in [-0.05, 0) is 16.4 Å². The highest BCUT2D eigenvalue weighted by Gasteiger charge is 2.45. The summed E-state index contributed by atoms with van der Waals surface area (Å²) in [5.74, 6) is 0.0364. The zero-order valence-electron chi connectivity index (χ0n) is 21.8. The number of aromatic nitrogens is 8. The van der Waals surface area contributed by atoms with Crippen molar-refractivity contribution in [2.75, 3.05) is 24.7 Å². The average molecular weight is 676 g/mol. The Bertz CT molecular complexity index is 1790. The van der Waals surface area contributed by atoms with Crippen LogP contribution in [-0.4, -0.2) is 86.7 Å². The second-order valence-corrected chi connectivity index (χ2v) is 14.1. The molecule has 2 fully saturated rings. The summed E-state index contributed by atoms with van der Waals surface area (Å²) >= 11 is 9.16. The molecule has 0 spiro atoms. The zero-order chi connectivity index (χ0) is 30.5. The fourth-order valence-electron chi connectivity index (χ4n) is 5.02. The highest BCUT2D eigenvalue weighted by Crippen LogP contribution is 2.51. The third kappa shape index (κ3) is 6.16. The van der Waals surface area contributed by atoms with Crippen molar-refractivity contribution in [3.8, 4) is 0 Å². The van der Waals surface area contributed by atoms with Crippen LogP contribution in [0.1, 0.15) is 30.9 Å². The Balaban J connectivity index is 1.18. The van der Waals surface area contributed by atoms with Gasteiger partial charge >= 0.3 is 13.9 Å². The Kier molecular flexibility index (Phi) is 8.48. The molecule has 2 aliphatic heterocycles. The van der Waals surface area contributed by atoms with Gasteiger partial charge < -0.3 is 40.0 Å². The number of thiol groups is 1. The van der Waals surface area contributed by atoms with Gasteiger partial charge in [0.2, 0.25) is 5.95 Å². The van der Waals surface area contributed by atoms with Crippen LogP contribution in [0.3, 0.4) is 0 Å². The third-order valence-electron chi connectivity index (χ3n) is 6.86. The lowest BCUT2D eigenvalue weighted by atomic mass is 10.1. The van der Waals surface area contributed by atoms with Gasteiger partial charge in [-0.15, -0.1) is 4.52 Å². The van der Waals surface area contributed by atoms with Crippen molar-refractivity contribution in [1.29, 1.82) is 0 Å². The van der Waals surface area contributed by atoms with Gasteiger partial charge in [0.15, 0.2) is 28.9 Å². The van der Waals surface area contributed by atoms with Crippen molar-refractivity contribution >= 4 is 66.6 Å². The van der Waals surface area contributed by atoms with Gasteiger partial charge in [0.25, 0.3) is 5.56 Å². The number of nitrogens with zero attached hydrogens (tertiary/aromatic N) is 7. The molecule has 43 heavy (non-hydrogen) atoms. The monoisotopic (exact) mass is 675 g/mol. The summed E-state index contributed by atoms with van der Waals surface area (Å²) < 4.78 is 43.7. The second-order valence-electron chi connectivity index (χ2n) is 9.59. The molecule has 2 saturated heterocycles. The number of aliphatic hydroxyl groups excluding tert-OH is 1. The van der Waals surface area contributed by atoms with Crippen LogP contribution >= 0.6 is 26.2 Å². The molecule has 6 rings (SSSR count). The van der Waals surface area contributed by atoms with Gasteiger partial charge in [0, 0.05) is 12.8 Å². The molecule has 230 valence electrons. The minimum Gasteiger partial charge on any atom is -0.394 e. The van der Waals surface area contributed by atoms with Crippen molar-refractivity contribution in [3.63, 3.8) is 0 Å². The average Bonchev–Trinajstić information content (AvgIpc) is 3.72. The van der Waals surface area contributed by atoms with Crippen LogP contribution in [0.4, 0.5) is 11.8 Å². The lowest BCUT2D eigenvalue weighted by Crippen LogP contribution is -2.28. The smallest absolute Gasteiger partial charge is 0.394 e. The molecule has 7 N–H and O–H groups in total. The van der Waals surface area contributed by atoms with Gasteiger partial charge in [-0.2, -0.15) is 10.1 Å². The van der Waals surface area contributed by atoms with Crippen LogP contribution in [0.2, 0.25) is 0 Å². The van der Waals surface area contributed by atoms with Gasteiger partial charge in [-0.25, -0.2) is 19.5 Å². The fraction of sp³-hybridized carbons (Fsp3) is 0.500. The molecule has 0 aliphatic carbocycles. The molecule has 8 atom stereocenters. The van der Waals surface area contributed by atoms with E-state index in [9.17, 15) is 19.4 Å². The summed E-state index contributed by atoms with van der Waals surface area (Å²) in [7, 11) is -2.32. The number of hydrogen-bond donors (Lipinski definition) is 6. The van der Waals surface area contributed by atoms with Crippen LogP contribution in [0.25, 0.3) is 16.8 Å². The Morgan fingerprint density at radius 1 is 1.23 bits per heavy atom. The van der Waals surface area contributed by atoms with Gasteiger partial charge in [0.05, 0.1) is 37.5 Å². The predicted molar refractivity (Wildman–Crippen MR) is 154 cm³/mol. The Morgan fingerprint density at radius 3 is 2.81 bits per heavy atom. The largest absolute Gasteiger partial charge is 0.582 e. The lowest BCUT2D eigenvalue weighted by Gasteiger charge is -2.25. The number of nitrogens with two attached hydrogens (primary N) is 2. The summed E-state index contributed by atoms with van der Waals surface area (Å²) in [6.45, 7) is -4.65. The van der Waals surface area contributed by atoms with E-state index in [0.717, 1.165) is 0 Å². The minimum atomic E-state index is -3.99. The number of aliphatic hydroxyl groups is 1. The maximum absolute atomic E-state index is 12.2. The molecule has 2 unspecified atom stereocenters. The fourth-order valence-corrected chi connectivity index (χ4v) is 7.28. The first-order valence-corrected chi connectivity index (χ1v) is 17.5. The van der Waals surface area contributed by atoms with Crippen molar-refractivity contribution in [1.82, 2.24) is 39.1 Å². The number of H-pyrrole nitrogens is 1. The van der Waals surface area contributed by atoms with Crippen LogP contribution < -0.4 is 17.0 Å². The number of imidazole rings is 2. The molecule has 0 radical (unpaired) electrons. The number of fused-ring (bicyclic) bond motifs is 2. The SMILES string of the molecule is Nc1nc2c(ncn2[C@@H]2O[C@H](CO)C[C@H]2OP(O)(=S)OC[C@H]2O[C@@H](c3cnc4c(N)ncnn34)C[C@@H]2O[P+](=O)S)c(=O)[nH]1. The Hall–Kier alpha value is -2.68. The van der Waals surface area contributed by atoms with Crippen LogP contribution in [0.5, 0.6) is 0 Å². The molecule has 0 bridgehead atoms. The Morgan fingerprint density at radius 2 is 2.05 bits per heavy atom. The highest BCUT2D eigenvalue weighted by molar-refractivity contribution is 8.39. The van der Waals surface area contributed by atoms with E-state index in [1.807, 2.05) is 0 Å². The second kappa shape index (κ2) is 12.0. The number of anilines is 2. The van der Waals surface area contributed by atoms with Crippen LogP contribution in [-0.2, 0) is 39.4 Å². The van der Waals surface area contributed by atoms with E-state index in [1.54, 1.807) is 0 Å². The van der Waals surface area contributed by atoms with Gasteiger partial charge in [-0.3, -0.25) is 14.3 Å². The number of nitrogen functional groups attached to an aromatic ring is 2. The molecule has 6 heterocycles. The maximum atomic E-state index is 12.2. The van der Waals surface area contributed by atoms with E-state index in [1.165, 1.54) is 27.9 Å². The molecular formula is C20H25N10O9P2S2+. The van der Waals surface area contributed by atoms with Crippen molar-refractivity contribution in [2.24, 2.45) is 0 Å². The minimum absolute atomic E-state index is 0.00490. The van der Waals surface area contributed by atoms with E-state index in [4.69, 9.17) is 46.3 Å². The Labute approximate surface area is 252 Å². The number of hydrogen-bond acceptors (Lipinski definition) is 16. The number of ether oxygens (including phenoxy) is 2. The number of nitrogens with one attached hydrogen (secondary N) is 1. The highest BCUT2D eigenvalue weighted by atomic mass is 32.7. The van der Waals surface area contributed by atoms with Gasteiger partial charge in [-0.1, -0.05) is 0 Å². The summed E-state index contributed by atoms with van der Waals surface area (Å²) in [4.78, 5) is 42.0. The molecule has 0 saturated carbocycles. The molecule has 4 aromatic rings. The quantitative estimate of drug-likeness (QED) is 0.0963. The summed E-state index contributed by atoms with van der Waals surface area (Å²) in [6.07, 6.45) is -0.403. The van der Waals surface area contributed by atoms with Crippen molar-refractivity contribution < 1.29 is 37.6 Å². The van der Waals surface area contributed by atoms with E-state index in [-0.39, 0.29) is 49.0 Å². The lowest BCUT2D eigenvalue weighted by molar-refractivity contribution is -0.0495. The summed E-state index contributed by atoms with van der Waals surface area (Å²) in [5.41, 5.74) is 12.0. The maximum Gasteiger partial charge on any atom is 0.582 e. The first-order valence-electron chi connectivity index (χ1n) is 12.6. The third-order valence-corrected chi connectivity index (χ3v) is 9.18. The number of rotatable bonds is 10. The normalized spacial score (nSPS) is 27.7. The van der Waals surface area contributed by atoms with E-state index < -0.39 is 56.3 Å². The molecule has 19 nitrogen and oxygen atoms in total. The molecular weight excluding hydrogens is 650 g/mol.